The predicted molar refractivity (Wildman–Crippen MR) is 127 cm³/mol. The van der Waals surface area contributed by atoms with Crippen molar-refractivity contribution in [3.63, 3.8) is 0 Å². The van der Waals surface area contributed by atoms with Crippen molar-refractivity contribution < 1.29 is 19.3 Å². The van der Waals surface area contributed by atoms with Crippen molar-refractivity contribution in [1.82, 2.24) is 4.57 Å². The Balaban J connectivity index is 1.77. The maximum absolute atomic E-state index is 13.0. The molecule has 1 N–H and O–H groups in total. The zero-order valence-corrected chi connectivity index (χ0v) is 19.1. The highest BCUT2D eigenvalue weighted by atomic mass is 35.5. The lowest BCUT2D eigenvalue weighted by Gasteiger charge is -2.30. The minimum absolute atomic E-state index is 0.0960. The van der Waals surface area contributed by atoms with Crippen LogP contribution in [0.1, 0.15) is 42.2 Å². The van der Waals surface area contributed by atoms with Gasteiger partial charge in [-0.25, -0.2) is 0 Å². The van der Waals surface area contributed by atoms with Crippen molar-refractivity contribution in [2.75, 3.05) is 13.2 Å². The number of aliphatic hydroxyl groups is 1. The van der Waals surface area contributed by atoms with Crippen molar-refractivity contribution in [2.24, 2.45) is 0 Å². The molecule has 1 saturated heterocycles. The molecule has 4 rings (SSSR count). The molecular weight excluding hydrogens is 442 g/mol. The molecule has 33 heavy (non-hydrogen) atoms. The SMILES string of the molecule is O=c1ccn(CCO)c(C(OC2CCCCO2)c2ccc(Cl)cc2)c1OCc1ccccc1. The molecule has 1 aliphatic rings. The fourth-order valence-electron chi connectivity index (χ4n) is 3.93. The first-order valence-corrected chi connectivity index (χ1v) is 11.6. The molecule has 174 valence electrons. The minimum Gasteiger partial charge on any atom is -0.483 e. The van der Waals surface area contributed by atoms with Crippen molar-refractivity contribution in [3.8, 4) is 5.75 Å². The van der Waals surface area contributed by atoms with Gasteiger partial charge in [-0.3, -0.25) is 4.79 Å². The third-order valence-electron chi connectivity index (χ3n) is 5.59. The summed E-state index contributed by atoms with van der Waals surface area (Å²) in [6, 6.07) is 18.4. The average Bonchev–Trinajstić information content (AvgIpc) is 2.85. The van der Waals surface area contributed by atoms with Gasteiger partial charge in [0.15, 0.2) is 12.0 Å². The van der Waals surface area contributed by atoms with Crippen LogP contribution in [0, 0.1) is 0 Å². The summed E-state index contributed by atoms with van der Waals surface area (Å²) < 4.78 is 20.2. The second-order valence-corrected chi connectivity index (χ2v) is 8.39. The molecule has 0 amide bonds. The van der Waals surface area contributed by atoms with Crippen molar-refractivity contribution >= 4 is 11.6 Å². The monoisotopic (exact) mass is 469 g/mol. The van der Waals surface area contributed by atoms with Gasteiger partial charge in [-0.2, -0.15) is 0 Å². The fourth-order valence-corrected chi connectivity index (χ4v) is 4.05. The smallest absolute Gasteiger partial charge is 0.223 e. The number of aliphatic hydroxyl groups excluding tert-OH is 1. The molecule has 1 aliphatic heterocycles. The fraction of sp³-hybridized carbons (Fsp3) is 0.346. The van der Waals surface area contributed by atoms with E-state index in [1.54, 1.807) is 18.3 Å². The van der Waals surface area contributed by atoms with Crippen LogP contribution in [0.15, 0.2) is 71.7 Å². The summed E-state index contributed by atoms with van der Waals surface area (Å²) in [4.78, 5) is 13.0. The Kier molecular flexibility index (Phi) is 8.18. The largest absolute Gasteiger partial charge is 0.483 e. The van der Waals surface area contributed by atoms with Crippen LogP contribution in [0.25, 0.3) is 0 Å². The number of rotatable bonds is 9. The molecule has 7 heteroatoms. The Hall–Kier alpha value is -2.64. The van der Waals surface area contributed by atoms with Crippen LogP contribution in [0.5, 0.6) is 5.75 Å². The first kappa shape index (κ1) is 23.5. The van der Waals surface area contributed by atoms with E-state index in [0.29, 0.717) is 17.3 Å². The van der Waals surface area contributed by atoms with Gasteiger partial charge >= 0.3 is 0 Å². The van der Waals surface area contributed by atoms with Gasteiger partial charge in [0.05, 0.1) is 12.3 Å². The number of pyridine rings is 1. The van der Waals surface area contributed by atoms with Crippen LogP contribution in [-0.2, 0) is 22.6 Å². The van der Waals surface area contributed by atoms with E-state index in [-0.39, 0.29) is 30.9 Å². The molecule has 0 radical (unpaired) electrons. The Morgan fingerprint density at radius 1 is 1.09 bits per heavy atom. The number of hydrogen-bond donors (Lipinski definition) is 1. The molecule has 1 fully saturated rings. The van der Waals surface area contributed by atoms with Crippen molar-refractivity contribution in [1.29, 1.82) is 0 Å². The summed E-state index contributed by atoms with van der Waals surface area (Å²) in [5, 5.41) is 10.3. The molecule has 2 aromatic carbocycles. The van der Waals surface area contributed by atoms with E-state index in [2.05, 4.69) is 0 Å². The minimum atomic E-state index is -0.642. The standard InChI is InChI=1S/C26H28ClNO5/c27-21-11-9-20(10-12-21)25(33-23-8-4-5-17-31-23)24-26(22(30)13-14-28(24)15-16-29)32-18-19-6-2-1-3-7-19/h1-3,6-7,9-14,23,25,29H,4-5,8,15-18H2. The number of ether oxygens (including phenoxy) is 3. The quantitative estimate of drug-likeness (QED) is 0.491. The molecule has 2 heterocycles. The van der Waals surface area contributed by atoms with Crippen LogP contribution in [0.4, 0.5) is 0 Å². The first-order valence-electron chi connectivity index (χ1n) is 11.2. The second kappa shape index (κ2) is 11.5. The highest BCUT2D eigenvalue weighted by Gasteiger charge is 2.29. The van der Waals surface area contributed by atoms with Crippen LogP contribution < -0.4 is 10.2 Å². The van der Waals surface area contributed by atoms with E-state index in [0.717, 1.165) is 30.4 Å². The summed E-state index contributed by atoms with van der Waals surface area (Å²) >= 11 is 6.13. The van der Waals surface area contributed by atoms with Gasteiger partial charge in [0.1, 0.15) is 12.7 Å². The predicted octanol–water partition coefficient (Wildman–Crippen LogP) is 4.71. The maximum Gasteiger partial charge on any atom is 0.223 e. The van der Waals surface area contributed by atoms with E-state index in [9.17, 15) is 9.90 Å². The Bertz CT molecular complexity index is 1080. The number of nitrogens with zero attached hydrogens (tertiary/aromatic N) is 1. The van der Waals surface area contributed by atoms with E-state index in [1.165, 1.54) is 6.07 Å². The Morgan fingerprint density at radius 2 is 1.88 bits per heavy atom. The lowest BCUT2D eigenvalue weighted by Crippen LogP contribution is -2.28. The molecular formula is C26H28ClNO5. The average molecular weight is 470 g/mol. The Labute approximate surface area is 198 Å². The van der Waals surface area contributed by atoms with E-state index in [4.69, 9.17) is 25.8 Å². The number of aromatic nitrogens is 1. The highest BCUT2D eigenvalue weighted by molar-refractivity contribution is 6.30. The number of hydrogen-bond acceptors (Lipinski definition) is 5. The molecule has 0 spiro atoms. The van der Waals surface area contributed by atoms with E-state index >= 15 is 0 Å². The molecule has 0 saturated carbocycles. The highest BCUT2D eigenvalue weighted by Crippen LogP contribution is 2.35. The van der Waals surface area contributed by atoms with Crippen LogP contribution in [0.2, 0.25) is 5.02 Å². The molecule has 2 atom stereocenters. The van der Waals surface area contributed by atoms with Gasteiger partial charge in [0.2, 0.25) is 5.43 Å². The van der Waals surface area contributed by atoms with E-state index in [1.807, 2.05) is 47.0 Å². The first-order chi connectivity index (χ1) is 16.2. The summed E-state index contributed by atoms with van der Waals surface area (Å²) in [7, 11) is 0. The third-order valence-corrected chi connectivity index (χ3v) is 5.84. The molecule has 2 unspecified atom stereocenters. The third kappa shape index (κ3) is 6.03. The Morgan fingerprint density at radius 3 is 2.58 bits per heavy atom. The second-order valence-electron chi connectivity index (χ2n) is 7.95. The van der Waals surface area contributed by atoms with Crippen LogP contribution >= 0.6 is 11.6 Å². The summed E-state index contributed by atoms with van der Waals surface area (Å²) in [5.74, 6) is 0.200. The van der Waals surface area contributed by atoms with Gasteiger partial charge in [0, 0.05) is 30.4 Å². The van der Waals surface area contributed by atoms with Gasteiger partial charge in [-0.05, 0) is 42.5 Å². The molecule has 0 bridgehead atoms. The van der Waals surface area contributed by atoms with E-state index < -0.39 is 12.4 Å². The van der Waals surface area contributed by atoms with Crippen LogP contribution in [-0.4, -0.2) is 29.2 Å². The van der Waals surface area contributed by atoms with Gasteiger partial charge < -0.3 is 23.9 Å². The van der Waals surface area contributed by atoms with Crippen LogP contribution in [0.3, 0.4) is 0 Å². The van der Waals surface area contributed by atoms with Gasteiger partial charge in [-0.1, -0.05) is 54.1 Å². The number of halogens is 1. The zero-order valence-electron chi connectivity index (χ0n) is 18.4. The maximum atomic E-state index is 13.0. The lowest BCUT2D eigenvalue weighted by molar-refractivity contribution is -0.183. The molecule has 3 aromatic rings. The summed E-state index contributed by atoms with van der Waals surface area (Å²) in [5.41, 5.74) is 2.06. The van der Waals surface area contributed by atoms with Gasteiger partial charge in [0.25, 0.3) is 0 Å². The number of benzene rings is 2. The lowest BCUT2D eigenvalue weighted by atomic mass is 10.0. The van der Waals surface area contributed by atoms with Gasteiger partial charge in [-0.15, -0.1) is 0 Å². The summed E-state index contributed by atoms with van der Waals surface area (Å²) in [6.07, 6.45) is 3.39. The zero-order chi connectivity index (χ0) is 23.0. The normalized spacial score (nSPS) is 17.0. The molecule has 0 aliphatic carbocycles. The summed E-state index contributed by atoms with van der Waals surface area (Å²) in [6.45, 7) is 1.06. The van der Waals surface area contributed by atoms with Crippen molar-refractivity contribution in [2.45, 2.75) is 44.8 Å². The molecule has 6 nitrogen and oxygen atoms in total. The topological polar surface area (TPSA) is 69.9 Å². The molecule has 1 aromatic heterocycles. The van der Waals surface area contributed by atoms with Crippen molar-refractivity contribution in [3.05, 3.63) is 98.9 Å².